The first-order chi connectivity index (χ1) is 10.9. The molecular formula is C17H26N2O3S. The number of nitrogens with one attached hydrogen (secondary N) is 1. The summed E-state index contributed by atoms with van der Waals surface area (Å²) in [7, 11) is -3.35. The van der Waals surface area contributed by atoms with Gasteiger partial charge in [-0.25, -0.2) is 8.42 Å². The van der Waals surface area contributed by atoms with Gasteiger partial charge < -0.3 is 5.32 Å². The summed E-state index contributed by atoms with van der Waals surface area (Å²) in [5.41, 5.74) is 0.977. The molecule has 128 valence electrons. The summed E-state index contributed by atoms with van der Waals surface area (Å²) in [5, 5.41) is 2.93. The van der Waals surface area contributed by atoms with Crippen LogP contribution in [0.1, 0.15) is 45.1 Å². The van der Waals surface area contributed by atoms with Gasteiger partial charge in [-0.15, -0.1) is 0 Å². The topological polar surface area (TPSA) is 66.5 Å². The van der Waals surface area contributed by atoms with Gasteiger partial charge in [-0.3, -0.25) is 4.79 Å². The first-order valence-electron chi connectivity index (χ1n) is 8.32. The van der Waals surface area contributed by atoms with Gasteiger partial charge in [-0.05, 0) is 50.3 Å². The van der Waals surface area contributed by atoms with Crippen LogP contribution in [0.2, 0.25) is 0 Å². The molecule has 23 heavy (non-hydrogen) atoms. The summed E-state index contributed by atoms with van der Waals surface area (Å²) in [6.45, 7) is 5.24. The highest BCUT2D eigenvalue weighted by atomic mass is 32.2. The Balaban J connectivity index is 1.93. The van der Waals surface area contributed by atoms with E-state index in [0.29, 0.717) is 30.8 Å². The normalized spacial score (nSPS) is 17.1. The van der Waals surface area contributed by atoms with Crippen molar-refractivity contribution < 1.29 is 13.2 Å². The minimum Gasteiger partial charge on any atom is -0.354 e. The van der Waals surface area contributed by atoms with E-state index in [9.17, 15) is 13.2 Å². The van der Waals surface area contributed by atoms with Crippen molar-refractivity contribution in [2.24, 2.45) is 0 Å². The predicted octanol–water partition coefficient (Wildman–Crippen LogP) is 2.32. The Bertz CT molecular complexity index is 620. The molecule has 1 heterocycles. The van der Waals surface area contributed by atoms with Crippen molar-refractivity contribution in [3.63, 3.8) is 0 Å². The SMILES string of the molecule is CCC(C)NC(=O)CCc1ccc(S(=O)(=O)N2CCCC2)cc1. The third-order valence-corrected chi connectivity index (χ3v) is 6.20. The molecule has 1 unspecified atom stereocenters. The molecule has 1 atom stereocenters. The van der Waals surface area contributed by atoms with Crippen molar-refractivity contribution in [3.8, 4) is 0 Å². The van der Waals surface area contributed by atoms with Crippen LogP contribution in [0.4, 0.5) is 0 Å². The van der Waals surface area contributed by atoms with Crippen molar-refractivity contribution >= 4 is 15.9 Å². The number of sulfonamides is 1. The first kappa shape index (κ1) is 17.9. The Morgan fingerprint density at radius 2 is 1.83 bits per heavy atom. The van der Waals surface area contributed by atoms with Gasteiger partial charge in [0.2, 0.25) is 15.9 Å². The van der Waals surface area contributed by atoms with Crippen LogP contribution in [0.15, 0.2) is 29.2 Å². The molecule has 5 nitrogen and oxygen atoms in total. The molecule has 0 bridgehead atoms. The van der Waals surface area contributed by atoms with E-state index in [0.717, 1.165) is 24.8 Å². The number of carbonyl (C=O) groups is 1. The fourth-order valence-electron chi connectivity index (χ4n) is 2.61. The van der Waals surface area contributed by atoms with Gasteiger partial charge in [0.05, 0.1) is 4.90 Å². The molecule has 2 rings (SSSR count). The lowest BCUT2D eigenvalue weighted by Gasteiger charge is -2.15. The zero-order valence-electron chi connectivity index (χ0n) is 13.9. The summed E-state index contributed by atoms with van der Waals surface area (Å²) < 4.78 is 26.4. The van der Waals surface area contributed by atoms with Gasteiger partial charge >= 0.3 is 0 Å². The number of benzene rings is 1. The Hall–Kier alpha value is -1.40. The van der Waals surface area contributed by atoms with Crippen LogP contribution in [0.25, 0.3) is 0 Å². The van der Waals surface area contributed by atoms with Crippen molar-refractivity contribution in [1.82, 2.24) is 9.62 Å². The van der Waals surface area contributed by atoms with Gasteiger partial charge in [-0.1, -0.05) is 19.1 Å². The van der Waals surface area contributed by atoms with Crippen LogP contribution < -0.4 is 5.32 Å². The van der Waals surface area contributed by atoms with E-state index < -0.39 is 10.0 Å². The van der Waals surface area contributed by atoms with Gasteiger partial charge in [0.25, 0.3) is 0 Å². The Labute approximate surface area is 139 Å². The molecule has 1 fully saturated rings. The molecule has 6 heteroatoms. The molecular weight excluding hydrogens is 312 g/mol. The molecule has 1 aromatic carbocycles. The molecule has 0 spiro atoms. The van der Waals surface area contributed by atoms with Gasteiger partial charge in [-0.2, -0.15) is 4.31 Å². The zero-order chi connectivity index (χ0) is 16.9. The van der Waals surface area contributed by atoms with Gasteiger partial charge in [0.1, 0.15) is 0 Å². The van der Waals surface area contributed by atoms with Crippen molar-refractivity contribution in [2.45, 2.75) is 56.9 Å². The molecule has 0 aliphatic carbocycles. The Kier molecular flexibility index (Phi) is 6.18. The summed E-state index contributed by atoms with van der Waals surface area (Å²) in [6.07, 6.45) is 3.81. The summed E-state index contributed by atoms with van der Waals surface area (Å²) in [6, 6.07) is 7.10. The average Bonchev–Trinajstić information content (AvgIpc) is 3.08. The smallest absolute Gasteiger partial charge is 0.243 e. The molecule has 0 radical (unpaired) electrons. The van der Waals surface area contributed by atoms with Crippen LogP contribution in [0, 0.1) is 0 Å². The Morgan fingerprint density at radius 1 is 1.22 bits per heavy atom. The maximum absolute atomic E-state index is 12.4. The zero-order valence-corrected chi connectivity index (χ0v) is 14.7. The highest BCUT2D eigenvalue weighted by Gasteiger charge is 2.26. The quantitative estimate of drug-likeness (QED) is 0.830. The van der Waals surface area contributed by atoms with E-state index in [2.05, 4.69) is 5.32 Å². The summed E-state index contributed by atoms with van der Waals surface area (Å²) >= 11 is 0. The number of amides is 1. The number of hydrogen-bond donors (Lipinski definition) is 1. The minimum absolute atomic E-state index is 0.0353. The second-order valence-corrected chi connectivity index (χ2v) is 8.07. The third kappa shape index (κ3) is 4.78. The molecule has 1 aliphatic heterocycles. The van der Waals surface area contributed by atoms with E-state index in [-0.39, 0.29) is 11.9 Å². The van der Waals surface area contributed by atoms with Crippen LogP contribution in [-0.2, 0) is 21.2 Å². The fourth-order valence-corrected chi connectivity index (χ4v) is 4.13. The van der Waals surface area contributed by atoms with E-state index >= 15 is 0 Å². The van der Waals surface area contributed by atoms with Crippen molar-refractivity contribution in [3.05, 3.63) is 29.8 Å². The number of hydrogen-bond acceptors (Lipinski definition) is 3. The minimum atomic E-state index is -3.35. The lowest BCUT2D eigenvalue weighted by atomic mass is 10.1. The second kappa shape index (κ2) is 7.93. The Morgan fingerprint density at radius 3 is 2.39 bits per heavy atom. The van der Waals surface area contributed by atoms with Crippen molar-refractivity contribution in [1.29, 1.82) is 0 Å². The molecule has 1 aliphatic rings. The number of nitrogens with zero attached hydrogens (tertiary/aromatic N) is 1. The molecule has 1 aromatic rings. The molecule has 1 amide bonds. The van der Waals surface area contributed by atoms with Gasteiger partial charge in [0.15, 0.2) is 0 Å². The third-order valence-electron chi connectivity index (χ3n) is 4.29. The maximum atomic E-state index is 12.4. The van der Waals surface area contributed by atoms with Crippen LogP contribution in [0.5, 0.6) is 0 Å². The molecule has 1 N–H and O–H groups in total. The standard InChI is InChI=1S/C17H26N2O3S/c1-3-14(2)18-17(20)11-8-15-6-9-16(10-7-15)23(21,22)19-12-4-5-13-19/h6-7,9-10,14H,3-5,8,11-13H2,1-2H3,(H,18,20). The average molecular weight is 338 g/mol. The highest BCUT2D eigenvalue weighted by molar-refractivity contribution is 7.89. The van der Waals surface area contributed by atoms with E-state index in [1.165, 1.54) is 0 Å². The van der Waals surface area contributed by atoms with Gasteiger partial charge in [0, 0.05) is 25.6 Å². The lowest BCUT2D eigenvalue weighted by Crippen LogP contribution is -2.32. The number of carbonyl (C=O) groups excluding carboxylic acids is 1. The predicted molar refractivity (Wildman–Crippen MR) is 90.7 cm³/mol. The lowest BCUT2D eigenvalue weighted by molar-refractivity contribution is -0.121. The first-order valence-corrected chi connectivity index (χ1v) is 9.76. The van der Waals surface area contributed by atoms with Crippen LogP contribution in [-0.4, -0.2) is 37.8 Å². The molecule has 0 saturated carbocycles. The largest absolute Gasteiger partial charge is 0.354 e. The molecule has 1 saturated heterocycles. The second-order valence-electron chi connectivity index (χ2n) is 6.13. The highest BCUT2D eigenvalue weighted by Crippen LogP contribution is 2.21. The summed E-state index contributed by atoms with van der Waals surface area (Å²) in [5.74, 6) is 0.0353. The number of rotatable bonds is 7. The fraction of sp³-hybridized carbons (Fsp3) is 0.588. The van der Waals surface area contributed by atoms with E-state index in [4.69, 9.17) is 0 Å². The maximum Gasteiger partial charge on any atom is 0.243 e. The van der Waals surface area contributed by atoms with Crippen LogP contribution in [0.3, 0.4) is 0 Å². The van der Waals surface area contributed by atoms with Crippen LogP contribution >= 0.6 is 0 Å². The number of aryl methyl sites for hydroxylation is 1. The van der Waals surface area contributed by atoms with Crippen molar-refractivity contribution in [2.75, 3.05) is 13.1 Å². The van der Waals surface area contributed by atoms with E-state index in [1.807, 2.05) is 13.8 Å². The van der Waals surface area contributed by atoms with E-state index in [1.54, 1.807) is 28.6 Å². The monoisotopic (exact) mass is 338 g/mol. The summed E-state index contributed by atoms with van der Waals surface area (Å²) in [4.78, 5) is 12.1. The molecule has 0 aromatic heterocycles.